The molecule has 1 aromatic rings. The first-order valence-electron chi connectivity index (χ1n) is 8.12. The van der Waals surface area contributed by atoms with Crippen LogP contribution in [0, 0.1) is 0 Å². The number of rotatable bonds is 4. The van der Waals surface area contributed by atoms with Crippen LogP contribution in [0.2, 0.25) is 0 Å². The summed E-state index contributed by atoms with van der Waals surface area (Å²) in [5.41, 5.74) is 0. The molecular weight excluding hydrogens is 280 g/mol. The van der Waals surface area contributed by atoms with E-state index in [0.29, 0.717) is 13.0 Å². The number of nitrogens with one attached hydrogen (secondary N) is 1. The van der Waals surface area contributed by atoms with Gasteiger partial charge in [-0.15, -0.1) is 0 Å². The number of piperidine rings is 1. The molecule has 5 heteroatoms. The van der Waals surface area contributed by atoms with Crippen molar-refractivity contribution < 1.29 is 14.3 Å². The van der Waals surface area contributed by atoms with E-state index in [1.54, 1.807) is 0 Å². The summed E-state index contributed by atoms with van der Waals surface area (Å²) in [6.45, 7) is 3.78. The number of benzene rings is 1. The predicted molar refractivity (Wildman–Crippen MR) is 83.9 cm³/mol. The van der Waals surface area contributed by atoms with E-state index in [-0.39, 0.29) is 18.1 Å². The Kier molecular flexibility index (Phi) is 5.29. The molecule has 0 radical (unpaired) electrons. The molecular formula is C17H24N2O3. The van der Waals surface area contributed by atoms with Crippen LogP contribution in [0.25, 0.3) is 0 Å². The van der Waals surface area contributed by atoms with Gasteiger partial charge in [0, 0.05) is 44.9 Å². The summed E-state index contributed by atoms with van der Waals surface area (Å²) in [6, 6.07) is 10.1. The number of para-hydroxylation sites is 1. The molecule has 2 aliphatic rings. The van der Waals surface area contributed by atoms with Crippen LogP contribution in [0.4, 0.5) is 0 Å². The second-order valence-corrected chi connectivity index (χ2v) is 5.94. The van der Waals surface area contributed by atoms with Gasteiger partial charge in [0.2, 0.25) is 5.91 Å². The third kappa shape index (κ3) is 4.21. The highest BCUT2D eigenvalue weighted by atomic mass is 16.5. The first-order valence-corrected chi connectivity index (χ1v) is 8.12. The molecule has 0 aliphatic carbocycles. The molecule has 0 aromatic heterocycles. The first kappa shape index (κ1) is 15.3. The van der Waals surface area contributed by atoms with E-state index in [9.17, 15) is 4.79 Å². The molecule has 1 N–H and O–H groups in total. The van der Waals surface area contributed by atoms with Crippen molar-refractivity contribution in [2.75, 3.05) is 32.8 Å². The van der Waals surface area contributed by atoms with Crippen molar-refractivity contribution in [1.29, 1.82) is 0 Å². The van der Waals surface area contributed by atoms with E-state index < -0.39 is 0 Å². The minimum absolute atomic E-state index is 0.166. The zero-order valence-electron chi connectivity index (χ0n) is 12.9. The summed E-state index contributed by atoms with van der Waals surface area (Å²) in [7, 11) is 0. The topological polar surface area (TPSA) is 50.8 Å². The average molecular weight is 304 g/mol. The number of hydrogen-bond acceptors (Lipinski definition) is 4. The van der Waals surface area contributed by atoms with Crippen LogP contribution in [0.5, 0.6) is 5.75 Å². The fraction of sp³-hybridized carbons (Fsp3) is 0.588. The van der Waals surface area contributed by atoms with Gasteiger partial charge in [0.15, 0.2) is 0 Å². The molecule has 1 unspecified atom stereocenters. The Labute approximate surface area is 131 Å². The van der Waals surface area contributed by atoms with Crippen molar-refractivity contribution in [3.8, 4) is 5.75 Å². The SMILES string of the molecule is O=C(CC1COCCN1)N1CCC(Oc2ccccc2)CC1. The van der Waals surface area contributed by atoms with Gasteiger partial charge >= 0.3 is 0 Å². The summed E-state index contributed by atoms with van der Waals surface area (Å²) in [4.78, 5) is 14.3. The third-order valence-corrected chi connectivity index (χ3v) is 4.26. The van der Waals surface area contributed by atoms with Crippen LogP contribution in [0.15, 0.2) is 30.3 Å². The lowest BCUT2D eigenvalue weighted by molar-refractivity contribution is -0.134. The van der Waals surface area contributed by atoms with Gasteiger partial charge in [0.05, 0.1) is 13.2 Å². The van der Waals surface area contributed by atoms with Gasteiger partial charge < -0.3 is 19.7 Å². The number of hydrogen-bond donors (Lipinski definition) is 1. The fourth-order valence-corrected chi connectivity index (χ4v) is 3.01. The van der Waals surface area contributed by atoms with Crippen LogP contribution in [0.1, 0.15) is 19.3 Å². The lowest BCUT2D eigenvalue weighted by Gasteiger charge is -2.33. The predicted octanol–water partition coefficient (Wildman–Crippen LogP) is 1.43. The Bertz CT molecular complexity index is 466. The standard InChI is InChI=1S/C17H24N2O3/c20-17(12-14-13-21-11-8-18-14)19-9-6-16(7-10-19)22-15-4-2-1-3-5-15/h1-5,14,16,18H,6-13H2. The van der Waals surface area contributed by atoms with E-state index >= 15 is 0 Å². The highest BCUT2D eigenvalue weighted by Crippen LogP contribution is 2.19. The summed E-state index contributed by atoms with van der Waals surface area (Å²) < 4.78 is 11.4. The van der Waals surface area contributed by atoms with Gasteiger partial charge in [-0.05, 0) is 12.1 Å². The van der Waals surface area contributed by atoms with Gasteiger partial charge in [-0.2, -0.15) is 0 Å². The van der Waals surface area contributed by atoms with Gasteiger partial charge in [0.1, 0.15) is 11.9 Å². The minimum Gasteiger partial charge on any atom is -0.490 e. The van der Waals surface area contributed by atoms with Crippen LogP contribution in [-0.4, -0.2) is 55.8 Å². The Hall–Kier alpha value is -1.59. The smallest absolute Gasteiger partial charge is 0.224 e. The normalized spacial score (nSPS) is 23.3. The van der Waals surface area contributed by atoms with Crippen LogP contribution in [0.3, 0.4) is 0 Å². The summed E-state index contributed by atoms with van der Waals surface area (Å²) in [5, 5.41) is 3.33. The van der Waals surface area contributed by atoms with Crippen molar-refractivity contribution >= 4 is 5.91 Å². The molecule has 1 atom stereocenters. The largest absolute Gasteiger partial charge is 0.490 e. The summed E-state index contributed by atoms with van der Waals surface area (Å²) in [5.74, 6) is 1.14. The molecule has 120 valence electrons. The molecule has 3 rings (SSSR count). The Morgan fingerprint density at radius 2 is 2.05 bits per heavy atom. The fourth-order valence-electron chi connectivity index (χ4n) is 3.01. The maximum absolute atomic E-state index is 12.3. The zero-order valence-corrected chi connectivity index (χ0v) is 12.9. The van der Waals surface area contributed by atoms with E-state index in [1.807, 2.05) is 35.2 Å². The molecule has 1 amide bonds. The van der Waals surface area contributed by atoms with Gasteiger partial charge in [-0.3, -0.25) is 4.79 Å². The molecule has 2 aliphatic heterocycles. The second kappa shape index (κ2) is 7.61. The van der Waals surface area contributed by atoms with Crippen LogP contribution < -0.4 is 10.1 Å². The highest BCUT2D eigenvalue weighted by Gasteiger charge is 2.26. The molecule has 1 aromatic carbocycles. The van der Waals surface area contributed by atoms with Crippen molar-refractivity contribution in [1.82, 2.24) is 10.2 Å². The van der Waals surface area contributed by atoms with E-state index in [0.717, 1.165) is 44.8 Å². The van der Waals surface area contributed by atoms with Gasteiger partial charge in [-0.25, -0.2) is 0 Å². The number of likely N-dealkylation sites (tertiary alicyclic amines) is 1. The highest BCUT2D eigenvalue weighted by molar-refractivity contribution is 5.77. The maximum Gasteiger partial charge on any atom is 0.224 e. The summed E-state index contributed by atoms with van der Waals surface area (Å²) >= 11 is 0. The number of carbonyl (C=O) groups excluding carboxylic acids is 1. The molecule has 5 nitrogen and oxygen atoms in total. The molecule has 22 heavy (non-hydrogen) atoms. The van der Waals surface area contributed by atoms with Crippen LogP contribution >= 0.6 is 0 Å². The van der Waals surface area contributed by atoms with Crippen LogP contribution in [-0.2, 0) is 9.53 Å². The average Bonchev–Trinajstić information content (AvgIpc) is 2.57. The zero-order chi connectivity index (χ0) is 15.2. The van der Waals surface area contributed by atoms with Crippen molar-refractivity contribution in [2.45, 2.75) is 31.4 Å². The van der Waals surface area contributed by atoms with Gasteiger partial charge in [-0.1, -0.05) is 18.2 Å². The quantitative estimate of drug-likeness (QED) is 0.914. The molecule has 0 bridgehead atoms. The number of morpholine rings is 1. The second-order valence-electron chi connectivity index (χ2n) is 5.94. The molecule has 0 saturated carbocycles. The van der Waals surface area contributed by atoms with Crippen molar-refractivity contribution in [3.63, 3.8) is 0 Å². The van der Waals surface area contributed by atoms with E-state index in [2.05, 4.69) is 5.32 Å². The summed E-state index contributed by atoms with van der Waals surface area (Å²) in [6.07, 6.45) is 2.54. The molecule has 2 saturated heterocycles. The monoisotopic (exact) mass is 304 g/mol. The number of carbonyl (C=O) groups is 1. The maximum atomic E-state index is 12.3. The molecule has 2 fully saturated rings. The van der Waals surface area contributed by atoms with E-state index in [1.165, 1.54) is 0 Å². The van der Waals surface area contributed by atoms with Crippen molar-refractivity contribution in [3.05, 3.63) is 30.3 Å². The van der Waals surface area contributed by atoms with E-state index in [4.69, 9.17) is 9.47 Å². The lowest BCUT2D eigenvalue weighted by Crippen LogP contribution is -2.47. The molecule has 2 heterocycles. The molecule has 0 spiro atoms. The van der Waals surface area contributed by atoms with Crippen molar-refractivity contribution in [2.24, 2.45) is 0 Å². The third-order valence-electron chi connectivity index (χ3n) is 4.26. The van der Waals surface area contributed by atoms with Gasteiger partial charge in [0.25, 0.3) is 0 Å². The number of nitrogens with zero attached hydrogens (tertiary/aromatic N) is 1. The number of amides is 1. The lowest BCUT2D eigenvalue weighted by atomic mass is 10.1. The number of ether oxygens (including phenoxy) is 2. The minimum atomic E-state index is 0.166. The first-order chi connectivity index (χ1) is 10.8. The Morgan fingerprint density at radius 3 is 2.73 bits per heavy atom. The Morgan fingerprint density at radius 1 is 1.27 bits per heavy atom. The Balaban J connectivity index is 1.42.